The van der Waals surface area contributed by atoms with Gasteiger partial charge in [0.25, 0.3) is 5.56 Å². The molecule has 1 N–H and O–H groups in total. The van der Waals surface area contributed by atoms with Crippen LogP contribution in [0.15, 0.2) is 71.8 Å². The predicted molar refractivity (Wildman–Crippen MR) is 98.0 cm³/mol. The molecule has 2 aromatic carbocycles. The first kappa shape index (κ1) is 15.1. The Morgan fingerprint density at radius 2 is 1.84 bits per heavy atom. The Morgan fingerprint density at radius 3 is 2.68 bits per heavy atom. The first-order valence-electron chi connectivity index (χ1n) is 8.00. The maximum Gasteiger partial charge on any atom is 0.260 e. The number of benzene rings is 2. The molecule has 0 saturated heterocycles. The third kappa shape index (κ3) is 3.01. The van der Waals surface area contributed by atoms with Crippen LogP contribution in [0.4, 0.5) is 5.95 Å². The van der Waals surface area contributed by atoms with Crippen LogP contribution >= 0.6 is 0 Å². The van der Waals surface area contributed by atoms with Gasteiger partial charge in [-0.2, -0.15) is 5.10 Å². The number of anilines is 1. The first-order chi connectivity index (χ1) is 12.2. The SMILES string of the molecule is CN(Cc1cnn(-c2ccccc2)c1)c1nc2ccccc2c(=O)[nH]1. The molecule has 4 aromatic rings. The average Bonchev–Trinajstić information content (AvgIpc) is 3.11. The fourth-order valence-electron chi connectivity index (χ4n) is 2.77. The minimum absolute atomic E-state index is 0.132. The number of nitrogens with zero attached hydrogens (tertiary/aromatic N) is 4. The summed E-state index contributed by atoms with van der Waals surface area (Å²) in [5, 5.41) is 4.99. The molecule has 0 aliphatic carbocycles. The van der Waals surface area contributed by atoms with Gasteiger partial charge in [-0.15, -0.1) is 0 Å². The number of H-pyrrole nitrogens is 1. The predicted octanol–water partition coefficient (Wildman–Crippen LogP) is 2.75. The molecular weight excluding hydrogens is 314 g/mol. The molecular formula is C19H17N5O. The van der Waals surface area contributed by atoms with Gasteiger partial charge in [-0.1, -0.05) is 30.3 Å². The van der Waals surface area contributed by atoms with E-state index in [2.05, 4.69) is 15.1 Å². The molecule has 4 rings (SSSR count). The number of para-hydroxylation sites is 2. The molecule has 25 heavy (non-hydrogen) atoms. The summed E-state index contributed by atoms with van der Waals surface area (Å²) in [6.45, 7) is 0.591. The lowest BCUT2D eigenvalue weighted by Crippen LogP contribution is -2.22. The zero-order valence-corrected chi connectivity index (χ0v) is 13.8. The van der Waals surface area contributed by atoms with Crippen LogP contribution in [0.1, 0.15) is 5.56 Å². The molecule has 2 heterocycles. The van der Waals surface area contributed by atoms with Crippen LogP contribution in [0.25, 0.3) is 16.6 Å². The molecule has 0 aliphatic heterocycles. The molecule has 0 atom stereocenters. The summed E-state index contributed by atoms with van der Waals surface area (Å²) in [5.74, 6) is 0.538. The summed E-state index contributed by atoms with van der Waals surface area (Å²) in [6.07, 6.45) is 3.80. The molecule has 124 valence electrons. The molecule has 6 nitrogen and oxygen atoms in total. The summed E-state index contributed by atoms with van der Waals surface area (Å²) in [4.78, 5) is 21.5. The highest BCUT2D eigenvalue weighted by Gasteiger charge is 2.09. The summed E-state index contributed by atoms with van der Waals surface area (Å²) in [6, 6.07) is 17.3. The van der Waals surface area contributed by atoms with Gasteiger partial charge in [0.15, 0.2) is 0 Å². The number of nitrogens with one attached hydrogen (secondary N) is 1. The summed E-state index contributed by atoms with van der Waals surface area (Å²) < 4.78 is 1.83. The van der Waals surface area contributed by atoms with E-state index in [1.807, 2.05) is 77.6 Å². The van der Waals surface area contributed by atoms with Crippen LogP contribution in [-0.4, -0.2) is 26.8 Å². The van der Waals surface area contributed by atoms with Gasteiger partial charge in [0.05, 0.1) is 22.8 Å². The largest absolute Gasteiger partial charge is 0.341 e. The number of aromatic nitrogens is 4. The minimum Gasteiger partial charge on any atom is -0.341 e. The van der Waals surface area contributed by atoms with Gasteiger partial charge < -0.3 is 4.90 Å². The molecule has 2 aromatic heterocycles. The van der Waals surface area contributed by atoms with Crippen LogP contribution in [-0.2, 0) is 6.54 Å². The van der Waals surface area contributed by atoms with E-state index in [0.717, 1.165) is 11.3 Å². The molecule has 0 bridgehead atoms. The third-order valence-electron chi connectivity index (χ3n) is 4.04. The van der Waals surface area contributed by atoms with Crippen LogP contribution in [0.2, 0.25) is 0 Å². The van der Waals surface area contributed by atoms with Crippen molar-refractivity contribution in [3.05, 3.63) is 82.9 Å². The van der Waals surface area contributed by atoms with Crippen molar-refractivity contribution in [2.45, 2.75) is 6.54 Å². The van der Waals surface area contributed by atoms with E-state index in [4.69, 9.17) is 0 Å². The van der Waals surface area contributed by atoms with E-state index in [9.17, 15) is 4.79 Å². The molecule has 0 aliphatic rings. The van der Waals surface area contributed by atoms with E-state index in [-0.39, 0.29) is 5.56 Å². The highest BCUT2D eigenvalue weighted by molar-refractivity contribution is 5.78. The minimum atomic E-state index is -0.132. The molecule has 0 unspecified atom stereocenters. The number of aromatic amines is 1. The number of rotatable bonds is 4. The lowest BCUT2D eigenvalue weighted by molar-refractivity contribution is 0.862. The van der Waals surface area contributed by atoms with Gasteiger partial charge in [-0.05, 0) is 24.3 Å². The first-order valence-corrected chi connectivity index (χ1v) is 8.00. The standard InChI is InChI=1S/C19H17N5O/c1-23(19-21-17-10-6-5-9-16(17)18(25)22-19)12-14-11-20-24(13-14)15-7-3-2-4-8-15/h2-11,13H,12H2,1H3,(H,21,22,25). The topological polar surface area (TPSA) is 66.8 Å². The second-order valence-electron chi connectivity index (χ2n) is 5.89. The van der Waals surface area contributed by atoms with E-state index in [0.29, 0.717) is 23.4 Å². The maximum absolute atomic E-state index is 12.2. The molecule has 0 spiro atoms. The van der Waals surface area contributed by atoms with Gasteiger partial charge in [-0.3, -0.25) is 9.78 Å². The zero-order valence-electron chi connectivity index (χ0n) is 13.8. The average molecular weight is 331 g/mol. The van der Waals surface area contributed by atoms with E-state index >= 15 is 0 Å². The number of hydrogen-bond donors (Lipinski definition) is 1. The van der Waals surface area contributed by atoms with Gasteiger partial charge in [0, 0.05) is 25.4 Å². The van der Waals surface area contributed by atoms with E-state index in [1.165, 1.54) is 0 Å². The third-order valence-corrected chi connectivity index (χ3v) is 4.04. The monoisotopic (exact) mass is 331 g/mol. The van der Waals surface area contributed by atoms with Gasteiger partial charge in [0.2, 0.25) is 5.95 Å². The fourth-order valence-corrected chi connectivity index (χ4v) is 2.77. The van der Waals surface area contributed by atoms with Crippen molar-refractivity contribution in [1.29, 1.82) is 0 Å². The van der Waals surface area contributed by atoms with Crippen molar-refractivity contribution in [2.75, 3.05) is 11.9 Å². The Hall–Kier alpha value is -3.41. The van der Waals surface area contributed by atoms with Crippen LogP contribution in [0.5, 0.6) is 0 Å². The van der Waals surface area contributed by atoms with Crippen LogP contribution in [0.3, 0.4) is 0 Å². The lowest BCUT2D eigenvalue weighted by Gasteiger charge is -2.16. The molecule has 0 fully saturated rings. The normalized spacial score (nSPS) is 10.9. The van der Waals surface area contributed by atoms with Gasteiger partial charge >= 0.3 is 0 Å². The van der Waals surface area contributed by atoms with Crippen LogP contribution < -0.4 is 10.5 Å². The Balaban J connectivity index is 1.59. The number of hydrogen-bond acceptors (Lipinski definition) is 4. The molecule has 0 amide bonds. The fraction of sp³-hybridized carbons (Fsp3) is 0.105. The van der Waals surface area contributed by atoms with Crippen molar-refractivity contribution in [3.8, 4) is 5.69 Å². The van der Waals surface area contributed by atoms with Gasteiger partial charge in [-0.25, -0.2) is 9.67 Å². The lowest BCUT2D eigenvalue weighted by atomic mass is 10.2. The molecule has 6 heteroatoms. The van der Waals surface area contributed by atoms with Crippen molar-refractivity contribution in [1.82, 2.24) is 19.7 Å². The highest BCUT2D eigenvalue weighted by atomic mass is 16.1. The summed E-state index contributed by atoms with van der Waals surface area (Å²) in [5.41, 5.74) is 2.59. The number of fused-ring (bicyclic) bond motifs is 1. The maximum atomic E-state index is 12.2. The van der Waals surface area contributed by atoms with Gasteiger partial charge in [0.1, 0.15) is 0 Å². The van der Waals surface area contributed by atoms with Crippen molar-refractivity contribution >= 4 is 16.9 Å². The smallest absolute Gasteiger partial charge is 0.260 e. The van der Waals surface area contributed by atoms with Crippen molar-refractivity contribution in [2.24, 2.45) is 0 Å². The van der Waals surface area contributed by atoms with Crippen LogP contribution in [0, 0.1) is 0 Å². The summed E-state index contributed by atoms with van der Waals surface area (Å²) in [7, 11) is 1.90. The van der Waals surface area contributed by atoms with E-state index < -0.39 is 0 Å². The van der Waals surface area contributed by atoms with E-state index in [1.54, 1.807) is 6.07 Å². The Kier molecular flexibility index (Phi) is 3.78. The Labute approximate surface area is 144 Å². The van der Waals surface area contributed by atoms with Crippen molar-refractivity contribution in [3.63, 3.8) is 0 Å². The highest BCUT2D eigenvalue weighted by Crippen LogP contribution is 2.14. The Morgan fingerprint density at radius 1 is 1.08 bits per heavy atom. The van der Waals surface area contributed by atoms with Crippen molar-refractivity contribution < 1.29 is 0 Å². The second-order valence-corrected chi connectivity index (χ2v) is 5.89. The second kappa shape index (κ2) is 6.24. The zero-order chi connectivity index (χ0) is 17.2. The quantitative estimate of drug-likeness (QED) is 0.624. The summed E-state index contributed by atoms with van der Waals surface area (Å²) >= 11 is 0. The molecule has 0 radical (unpaired) electrons. The molecule has 0 saturated carbocycles. The Bertz CT molecular complexity index is 1070.